The van der Waals surface area contributed by atoms with Gasteiger partial charge in [0.1, 0.15) is 22.3 Å². The van der Waals surface area contributed by atoms with E-state index in [1.807, 2.05) is 24.4 Å². The van der Waals surface area contributed by atoms with Gasteiger partial charge in [-0.15, -0.1) is 0 Å². The van der Waals surface area contributed by atoms with Crippen molar-refractivity contribution in [1.29, 1.82) is 0 Å². The van der Waals surface area contributed by atoms with Gasteiger partial charge in [0.05, 0.1) is 5.69 Å². The molecule has 0 aliphatic rings. The lowest BCUT2D eigenvalue weighted by molar-refractivity contribution is 0.668. The summed E-state index contributed by atoms with van der Waals surface area (Å²) in [6.07, 6.45) is 3.67. The Balaban J connectivity index is 1.12. The maximum Gasteiger partial charge on any atom is 0.138 e. The summed E-state index contributed by atoms with van der Waals surface area (Å²) in [7, 11) is 0. The zero-order chi connectivity index (χ0) is 32.3. The summed E-state index contributed by atoms with van der Waals surface area (Å²) in [4.78, 5) is 6.71. The SMILES string of the molecule is c1ccc(-c2ccccc2N(c2ccc(-c3ccc4ccc5oc6ccncc6c5c4c3)cc2)c2ccc3c(c2)oc2ccccc23)cc1. The first-order valence-electron chi connectivity index (χ1n) is 16.4. The Kier molecular flexibility index (Phi) is 6.15. The van der Waals surface area contributed by atoms with Gasteiger partial charge in [-0.2, -0.15) is 0 Å². The third-order valence-corrected chi connectivity index (χ3v) is 9.56. The lowest BCUT2D eigenvalue weighted by atomic mass is 9.98. The number of nitrogens with zero attached hydrogens (tertiary/aromatic N) is 2. The number of aromatic nitrogens is 1. The van der Waals surface area contributed by atoms with E-state index in [9.17, 15) is 0 Å². The highest BCUT2D eigenvalue weighted by Gasteiger charge is 2.19. The van der Waals surface area contributed by atoms with Crippen LogP contribution in [0.1, 0.15) is 0 Å². The van der Waals surface area contributed by atoms with Crippen molar-refractivity contribution in [2.45, 2.75) is 0 Å². The number of rotatable bonds is 5. The fourth-order valence-corrected chi connectivity index (χ4v) is 7.23. The van der Waals surface area contributed by atoms with Crippen LogP contribution in [0.5, 0.6) is 0 Å². The maximum atomic E-state index is 6.36. The molecule has 7 aromatic carbocycles. The van der Waals surface area contributed by atoms with Crippen LogP contribution in [0, 0.1) is 0 Å². The van der Waals surface area contributed by atoms with Crippen molar-refractivity contribution in [2.24, 2.45) is 0 Å². The van der Waals surface area contributed by atoms with Gasteiger partial charge in [0.25, 0.3) is 0 Å². The fraction of sp³-hybridized carbons (Fsp3) is 0. The van der Waals surface area contributed by atoms with Crippen LogP contribution in [-0.4, -0.2) is 4.98 Å². The Hall–Kier alpha value is -6.65. The van der Waals surface area contributed by atoms with E-state index < -0.39 is 0 Å². The van der Waals surface area contributed by atoms with E-state index in [0.29, 0.717) is 0 Å². The van der Waals surface area contributed by atoms with E-state index in [4.69, 9.17) is 8.83 Å². The van der Waals surface area contributed by atoms with Crippen LogP contribution in [-0.2, 0) is 0 Å². The average molecular weight is 629 g/mol. The van der Waals surface area contributed by atoms with Crippen molar-refractivity contribution in [3.05, 3.63) is 170 Å². The first kappa shape index (κ1) is 27.5. The number of benzene rings is 7. The lowest BCUT2D eigenvalue weighted by Gasteiger charge is -2.28. The van der Waals surface area contributed by atoms with E-state index in [1.165, 1.54) is 5.39 Å². The summed E-state index contributed by atoms with van der Waals surface area (Å²) in [5, 5.41) is 6.69. The Morgan fingerprint density at radius 1 is 0.429 bits per heavy atom. The number of hydrogen-bond acceptors (Lipinski definition) is 4. The summed E-state index contributed by atoms with van der Waals surface area (Å²) in [5.41, 5.74) is 11.2. The molecule has 0 spiro atoms. The van der Waals surface area contributed by atoms with Crippen molar-refractivity contribution in [3.63, 3.8) is 0 Å². The van der Waals surface area contributed by atoms with E-state index in [2.05, 4.69) is 149 Å². The second-order valence-corrected chi connectivity index (χ2v) is 12.4. The molecule has 3 aromatic heterocycles. The average Bonchev–Trinajstić information content (AvgIpc) is 3.74. The Morgan fingerprint density at radius 3 is 2.06 bits per heavy atom. The molecule has 4 nitrogen and oxygen atoms in total. The first-order chi connectivity index (χ1) is 24.3. The maximum absolute atomic E-state index is 6.36. The van der Waals surface area contributed by atoms with Crippen LogP contribution in [0.15, 0.2) is 179 Å². The van der Waals surface area contributed by atoms with Crippen LogP contribution < -0.4 is 4.90 Å². The molecular weight excluding hydrogens is 601 g/mol. The molecule has 10 rings (SSSR count). The summed E-state index contributed by atoms with van der Waals surface area (Å²) >= 11 is 0. The van der Waals surface area contributed by atoms with Crippen LogP contribution in [0.4, 0.5) is 17.1 Å². The zero-order valence-electron chi connectivity index (χ0n) is 26.4. The molecule has 0 saturated carbocycles. The molecule has 0 amide bonds. The predicted molar refractivity (Wildman–Crippen MR) is 202 cm³/mol. The second-order valence-electron chi connectivity index (χ2n) is 12.4. The minimum Gasteiger partial charge on any atom is -0.456 e. The quantitative estimate of drug-likeness (QED) is 0.190. The van der Waals surface area contributed by atoms with Crippen molar-refractivity contribution in [3.8, 4) is 22.3 Å². The smallest absolute Gasteiger partial charge is 0.138 e. The monoisotopic (exact) mass is 628 g/mol. The molecule has 230 valence electrons. The third-order valence-electron chi connectivity index (χ3n) is 9.56. The first-order valence-corrected chi connectivity index (χ1v) is 16.4. The van der Waals surface area contributed by atoms with E-state index in [-0.39, 0.29) is 0 Å². The molecule has 0 aliphatic carbocycles. The molecule has 4 heteroatoms. The Labute approximate surface area is 282 Å². The highest BCUT2D eigenvalue weighted by molar-refractivity contribution is 6.19. The van der Waals surface area contributed by atoms with Crippen molar-refractivity contribution >= 4 is 71.7 Å². The van der Waals surface area contributed by atoms with Crippen LogP contribution >= 0.6 is 0 Å². The largest absolute Gasteiger partial charge is 0.456 e. The molecule has 0 N–H and O–H groups in total. The third kappa shape index (κ3) is 4.49. The number of anilines is 3. The molecule has 0 fully saturated rings. The molecule has 0 atom stereocenters. The van der Waals surface area contributed by atoms with Gasteiger partial charge in [0.15, 0.2) is 0 Å². The van der Waals surface area contributed by atoms with E-state index >= 15 is 0 Å². The standard InChI is InChI=1S/C45H28N2O2/c1-2-8-30(9-3-1)35-10-4-6-12-40(35)47(34-21-22-37-36-11-5-7-13-41(36)49-44(37)27-34)33-19-16-29(17-20-33)32-15-14-31-18-23-43-45(38(31)26-32)39-28-46-25-24-42(39)48-43/h1-28H. The molecule has 0 aliphatic heterocycles. The summed E-state index contributed by atoms with van der Waals surface area (Å²) in [6.45, 7) is 0. The van der Waals surface area contributed by atoms with Crippen LogP contribution in [0.2, 0.25) is 0 Å². The number of furan rings is 2. The van der Waals surface area contributed by atoms with Gasteiger partial charge in [0, 0.05) is 56.9 Å². The lowest BCUT2D eigenvalue weighted by Crippen LogP contribution is -2.11. The zero-order valence-corrected chi connectivity index (χ0v) is 26.4. The van der Waals surface area contributed by atoms with Gasteiger partial charge in [-0.05, 0) is 82.1 Å². The summed E-state index contributed by atoms with van der Waals surface area (Å²) in [6, 6.07) is 55.5. The molecular formula is C45H28N2O2. The highest BCUT2D eigenvalue weighted by Crippen LogP contribution is 2.43. The van der Waals surface area contributed by atoms with E-state index in [1.54, 1.807) is 6.20 Å². The minimum atomic E-state index is 0.851. The summed E-state index contributed by atoms with van der Waals surface area (Å²) < 4.78 is 12.5. The van der Waals surface area contributed by atoms with Gasteiger partial charge in [0.2, 0.25) is 0 Å². The van der Waals surface area contributed by atoms with Gasteiger partial charge in [-0.3, -0.25) is 4.98 Å². The predicted octanol–water partition coefficient (Wildman–Crippen LogP) is 12.8. The molecule has 49 heavy (non-hydrogen) atoms. The molecule has 0 saturated heterocycles. The molecule has 0 bridgehead atoms. The Bertz CT molecular complexity index is 2830. The van der Waals surface area contributed by atoms with Crippen LogP contribution in [0.25, 0.3) is 76.9 Å². The number of pyridine rings is 1. The van der Waals surface area contributed by atoms with Crippen molar-refractivity contribution in [1.82, 2.24) is 4.98 Å². The molecule has 0 unspecified atom stereocenters. The van der Waals surface area contributed by atoms with E-state index in [0.717, 1.165) is 88.6 Å². The second kappa shape index (κ2) is 11.0. The van der Waals surface area contributed by atoms with Crippen molar-refractivity contribution < 1.29 is 8.83 Å². The number of para-hydroxylation sites is 2. The minimum absolute atomic E-state index is 0.851. The fourth-order valence-electron chi connectivity index (χ4n) is 7.23. The highest BCUT2D eigenvalue weighted by atomic mass is 16.3. The molecule has 0 radical (unpaired) electrons. The van der Waals surface area contributed by atoms with Gasteiger partial charge in [-0.25, -0.2) is 0 Å². The van der Waals surface area contributed by atoms with Gasteiger partial charge < -0.3 is 13.7 Å². The number of hydrogen-bond donors (Lipinski definition) is 0. The number of fused-ring (bicyclic) bond motifs is 8. The molecule has 10 aromatic rings. The Morgan fingerprint density at radius 2 is 1.14 bits per heavy atom. The topological polar surface area (TPSA) is 42.4 Å². The van der Waals surface area contributed by atoms with Crippen LogP contribution in [0.3, 0.4) is 0 Å². The normalized spacial score (nSPS) is 11.7. The van der Waals surface area contributed by atoms with Gasteiger partial charge in [-0.1, -0.05) is 97.1 Å². The van der Waals surface area contributed by atoms with Gasteiger partial charge >= 0.3 is 0 Å². The summed E-state index contributed by atoms with van der Waals surface area (Å²) in [5.74, 6) is 0. The van der Waals surface area contributed by atoms with Crippen molar-refractivity contribution in [2.75, 3.05) is 4.90 Å². The molecule has 3 heterocycles.